The largest absolute Gasteiger partial charge is 0.342 e. The molecule has 2 rings (SSSR count). The molecule has 1 aromatic rings. The lowest BCUT2D eigenvalue weighted by Gasteiger charge is -2.22. The molecule has 0 saturated carbocycles. The van der Waals surface area contributed by atoms with Gasteiger partial charge in [0.15, 0.2) is 0 Å². The minimum absolute atomic E-state index is 0.168. The van der Waals surface area contributed by atoms with Gasteiger partial charge in [-0.1, -0.05) is 6.07 Å². The number of hydrogen-bond acceptors (Lipinski definition) is 3. The van der Waals surface area contributed by atoms with E-state index in [0.29, 0.717) is 5.56 Å². The Morgan fingerprint density at radius 2 is 2.10 bits per heavy atom. The van der Waals surface area contributed by atoms with E-state index in [0.717, 1.165) is 44.7 Å². The first-order chi connectivity index (χ1) is 9.60. The number of rotatable bonds is 2. The molecule has 0 N–H and O–H groups in total. The van der Waals surface area contributed by atoms with Crippen molar-refractivity contribution in [1.82, 2.24) is 9.80 Å². The fourth-order valence-electron chi connectivity index (χ4n) is 2.63. The lowest BCUT2D eigenvalue weighted by Crippen LogP contribution is -2.33. The number of nitriles is 1. The van der Waals surface area contributed by atoms with Crippen LogP contribution in [0, 0.1) is 18.3 Å². The second-order valence-corrected chi connectivity index (χ2v) is 5.39. The summed E-state index contributed by atoms with van der Waals surface area (Å²) >= 11 is 0. The maximum atomic E-state index is 11.4. The van der Waals surface area contributed by atoms with Gasteiger partial charge in [-0.15, -0.1) is 0 Å². The van der Waals surface area contributed by atoms with Gasteiger partial charge in [-0.25, -0.2) is 0 Å². The molecule has 1 aromatic carbocycles. The summed E-state index contributed by atoms with van der Waals surface area (Å²) in [6, 6.07) is 8.03. The minimum atomic E-state index is 0.168. The van der Waals surface area contributed by atoms with Crippen molar-refractivity contribution in [3.63, 3.8) is 0 Å². The minimum Gasteiger partial charge on any atom is -0.342 e. The summed E-state index contributed by atoms with van der Waals surface area (Å²) in [5, 5.41) is 8.89. The molecule has 0 unspecified atom stereocenters. The van der Waals surface area contributed by atoms with Gasteiger partial charge in [0.1, 0.15) is 0 Å². The maximum absolute atomic E-state index is 11.4. The molecule has 1 aliphatic rings. The second-order valence-electron chi connectivity index (χ2n) is 5.39. The van der Waals surface area contributed by atoms with Crippen LogP contribution in [0.15, 0.2) is 18.2 Å². The van der Waals surface area contributed by atoms with Crippen molar-refractivity contribution in [3.05, 3.63) is 34.9 Å². The van der Waals surface area contributed by atoms with Crippen LogP contribution in [0.5, 0.6) is 0 Å². The second kappa shape index (κ2) is 6.53. The Morgan fingerprint density at radius 1 is 1.30 bits per heavy atom. The summed E-state index contributed by atoms with van der Waals surface area (Å²) in [7, 11) is 0. The first kappa shape index (κ1) is 14.5. The van der Waals surface area contributed by atoms with Gasteiger partial charge in [-0.2, -0.15) is 5.26 Å². The Bertz CT molecular complexity index is 533. The summed E-state index contributed by atoms with van der Waals surface area (Å²) in [5.41, 5.74) is 3.14. The average molecular weight is 271 g/mol. The quantitative estimate of drug-likeness (QED) is 0.825. The van der Waals surface area contributed by atoms with Crippen molar-refractivity contribution >= 4 is 5.91 Å². The van der Waals surface area contributed by atoms with Gasteiger partial charge in [0, 0.05) is 39.6 Å². The van der Waals surface area contributed by atoms with E-state index in [1.807, 2.05) is 23.1 Å². The van der Waals surface area contributed by atoms with E-state index < -0.39 is 0 Å². The molecule has 4 heteroatoms. The molecule has 1 saturated heterocycles. The molecule has 4 nitrogen and oxygen atoms in total. The number of hydrogen-bond donors (Lipinski definition) is 0. The van der Waals surface area contributed by atoms with E-state index in [-0.39, 0.29) is 5.91 Å². The molecule has 0 radical (unpaired) electrons. The molecule has 1 amide bonds. The van der Waals surface area contributed by atoms with Crippen LogP contribution < -0.4 is 0 Å². The third-order valence-corrected chi connectivity index (χ3v) is 3.90. The molecule has 1 fully saturated rings. The standard InChI is InChI=1S/C16H21N3O/c1-13-10-15(11-17)4-5-16(13)12-18-6-3-7-19(9-8-18)14(2)20/h4-5,10H,3,6-9,12H2,1-2H3. The summed E-state index contributed by atoms with van der Waals surface area (Å²) in [6.45, 7) is 8.19. The van der Waals surface area contributed by atoms with Gasteiger partial charge in [-0.3, -0.25) is 9.69 Å². The highest BCUT2D eigenvalue weighted by molar-refractivity contribution is 5.73. The number of carbonyl (C=O) groups is 1. The van der Waals surface area contributed by atoms with Crippen LogP contribution in [0.4, 0.5) is 0 Å². The summed E-state index contributed by atoms with van der Waals surface area (Å²) in [4.78, 5) is 15.7. The predicted octanol–water partition coefficient (Wildman–Crippen LogP) is 1.92. The van der Waals surface area contributed by atoms with Crippen LogP contribution >= 0.6 is 0 Å². The highest BCUT2D eigenvalue weighted by Crippen LogP contribution is 2.14. The Morgan fingerprint density at radius 3 is 2.75 bits per heavy atom. The van der Waals surface area contributed by atoms with Crippen LogP contribution in [0.3, 0.4) is 0 Å². The van der Waals surface area contributed by atoms with E-state index in [1.165, 1.54) is 5.56 Å². The third-order valence-electron chi connectivity index (χ3n) is 3.90. The third kappa shape index (κ3) is 3.58. The lowest BCUT2D eigenvalue weighted by molar-refractivity contribution is -0.128. The van der Waals surface area contributed by atoms with Gasteiger partial charge in [0.05, 0.1) is 11.6 Å². The summed E-state index contributed by atoms with van der Waals surface area (Å²) in [5.74, 6) is 0.168. The Labute approximate surface area is 120 Å². The first-order valence-corrected chi connectivity index (χ1v) is 7.07. The van der Waals surface area contributed by atoms with Crippen molar-refractivity contribution in [1.29, 1.82) is 5.26 Å². The normalized spacial score (nSPS) is 16.6. The molecule has 20 heavy (non-hydrogen) atoms. The maximum Gasteiger partial charge on any atom is 0.219 e. The Hall–Kier alpha value is -1.86. The zero-order valence-electron chi connectivity index (χ0n) is 12.2. The fraction of sp³-hybridized carbons (Fsp3) is 0.500. The van der Waals surface area contributed by atoms with E-state index in [1.54, 1.807) is 6.92 Å². The number of nitrogens with zero attached hydrogens (tertiary/aromatic N) is 3. The highest BCUT2D eigenvalue weighted by atomic mass is 16.2. The topological polar surface area (TPSA) is 47.3 Å². The van der Waals surface area contributed by atoms with Crippen LogP contribution in [0.1, 0.15) is 30.0 Å². The van der Waals surface area contributed by atoms with Gasteiger partial charge in [-0.05, 0) is 36.6 Å². The van der Waals surface area contributed by atoms with Gasteiger partial charge in [0.2, 0.25) is 5.91 Å². The Kier molecular flexibility index (Phi) is 4.75. The number of amides is 1. The molecule has 1 aliphatic heterocycles. The van der Waals surface area contributed by atoms with Crippen molar-refractivity contribution in [2.24, 2.45) is 0 Å². The van der Waals surface area contributed by atoms with Crippen molar-refractivity contribution < 1.29 is 4.79 Å². The van der Waals surface area contributed by atoms with Gasteiger partial charge >= 0.3 is 0 Å². The molecule has 0 aliphatic carbocycles. The molecule has 1 heterocycles. The molecule has 0 spiro atoms. The monoisotopic (exact) mass is 271 g/mol. The zero-order chi connectivity index (χ0) is 14.5. The summed E-state index contributed by atoms with van der Waals surface area (Å²) < 4.78 is 0. The first-order valence-electron chi connectivity index (χ1n) is 7.07. The van der Waals surface area contributed by atoms with E-state index >= 15 is 0 Å². The van der Waals surface area contributed by atoms with E-state index in [9.17, 15) is 4.79 Å². The molecule has 106 valence electrons. The number of aryl methyl sites for hydroxylation is 1. The molecular formula is C16H21N3O. The fourth-order valence-corrected chi connectivity index (χ4v) is 2.63. The van der Waals surface area contributed by atoms with E-state index in [2.05, 4.69) is 17.9 Å². The highest BCUT2D eigenvalue weighted by Gasteiger charge is 2.16. The van der Waals surface area contributed by atoms with Gasteiger partial charge < -0.3 is 4.90 Å². The van der Waals surface area contributed by atoms with Crippen molar-refractivity contribution in [2.75, 3.05) is 26.2 Å². The predicted molar refractivity (Wildman–Crippen MR) is 78.0 cm³/mol. The lowest BCUT2D eigenvalue weighted by atomic mass is 10.1. The number of benzene rings is 1. The zero-order valence-corrected chi connectivity index (χ0v) is 12.2. The van der Waals surface area contributed by atoms with Crippen LogP contribution in [0.25, 0.3) is 0 Å². The SMILES string of the molecule is CC(=O)N1CCCN(Cc2ccc(C#N)cc2C)CC1. The van der Waals surface area contributed by atoms with Crippen LogP contribution in [-0.4, -0.2) is 41.9 Å². The average Bonchev–Trinajstić information content (AvgIpc) is 2.66. The van der Waals surface area contributed by atoms with Crippen LogP contribution in [0.2, 0.25) is 0 Å². The van der Waals surface area contributed by atoms with Crippen LogP contribution in [-0.2, 0) is 11.3 Å². The smallest absolute Gasteiger partial charge is 0.219 e. The Balaban J connectivity index is 2.00. The van der Waals surface area contributed by atoms with Crippen molar-refractivity contribution in [3.8, 4) is 6.07 Å². The molecular weight excluding hydrogens is 250 g/mol. The van der Waals surface area contributed by atoms with E-state index in [4.69, 9.17) is 5.26 Å². The summed E-state index contributed by atoms with van der Waals surface area (Å²) in [6.07, 6.45) is 1.02. The number of carbonyl (C=O) groups excluding carboxylic acids is 1. The molecule has 0 bridgehead atoms. The van der Waals surface area contributed by atoms with Crippen molar-refractivity contribution in [2.45, 2.75) is 26.8 Å². The molecule has 0 aromatic heterocycles. The molecule has 0 atom stereocenters. The van der Waals surface area contributed by atoms with Gasteiger partial charge in [0.25, 0.3) is 0 Å².